The number of ether oxygens (including phenoxy) is 2. The molecule has 0 aromatic heterocycles. The summed E-state index contributed by atoms with van der Waals surface area (Å²) in [5, 5.41) is 13.5. The normalized spacial score (nSPS) is 15.7. The lowest BCUT2D eigenvalue weighted by molar-refractivity contribution is 0.0625. The fourth-order valence-electron chi connectivity index (χ4n) is 3.20. The fraction of sp³-hybridized carbons (Fsp3) is 0.650. The summed E-state index contributed by atoms with van der Waals surface area (Å²) in [6.45, 7) is 6.31. The molecular weight excluding hydrogens is 330 g/mol. The molecule has 0 unspecified atom stereocenters. The van der Waals surface area contributed by atoms with Gasteiger partial charge in [0.25, 0.3) is 0 Å². The minimum absolute atomic E-state index is 0.211. The van der Waals surface area contributed by atoms with Crippen LogP contribution >= 0.6 is 0 Å². The number of methoxy groups -OCH3 is 1. The first-order valence-electron chi connectivity index (χ1n) is 9.57. The third-order valence-electron chi connectivity index (χ3n) is 4.86. The number of para-hydroxylation sites is 1. The molecule has 0 amide bonds. The largest absolute Gasteiger partial charge is 0.504 e. The van der Waals surface area contributed by atoms with Gasteiger partial charge in [0, 0.05) is 39.9 Å². The first-order chi connectivity index (χ1) is 12.7. The molecule has 0 saturated carbocycles. The van der Waals surface area contributed by atoms with Crippen molar-refractivity contribution in [2.24, 2.45) is 10.9 Å². The standard InChI is InChI=1S/C20H33N3O3/c1-4-21-20(23(2)13-9-16-10-14-26-15-11-16)22-12-8-17-6-5-7-18(25-3)19(17)24/h5-7,16,24H,4,8-15H2,1-3H3,(H,21,22). The van der Waals surface area contributed by atoms with Gasteiger partial charge in [0.2, 0.25) is 0 Å². The van der Waals surface area contributed by atoms with Gasteiger partial charge in [0.15, 0.2) is 17.5 Å². The average molecular weight is 364 g/mol. The van der Waals surface area contributed by atoms with E-state index in [9.17, 15) is 5.11 Å². The molecule has 6 nitrogen and oxygen atoms in total. The van der Waals surface area contributed by atoms with Crippen molar-refractivity contribution in [3.8, 4) is 11.5 Å². The quantitative estimate of drug-likeness (QED) is 0.549. The molecule has 1 fully saturated rings. The topological polar surface area (TPSA) is 66.3 Å². The van der Waals surface area contributed by atoms with Crippen molar-refractivity contribution in [2.45, 2.75) is 32.6 Å². The van der Waals surface area contributed by atoms with Crippen LogP contribution in [0, 0.1) is 5.92 Å². The summed E-state index contributed by atoms with van der Waals surface area (Å²) in [6.07, 6.45) is 4.17. The van der Waals surface area contributed by atoms with Crippen LogP contribution in [0.15, 0.2) is 23.2 Å². The van der Waals surface area contributed by atoms with Gasteiger partial charge in [0.05, 0.1) is 7.11 Å². The molecule has 0 spiro atoms. The molecule has 1 aromatic rings. The third kappa shape index (κ3) is 6.09. The molecule has 1 saturated heterocycles. The highest BCUT2D eigenvalue weighted by molar-refractivity contribution is 5.79. The van der Waals surface area contributed by atoms with Crippen molar-refractivity contribution >= 4 is 5.96 Å². The summed E-state index contributed by atoms with van der Waals surface area (Å²) >= 11 is 0. The second kappa shape index (κ2) is 10.9. The minimum atomic E-state index is 0.211. The first kappa shape index (κ1) is 20.4. The molecule has 26 heavy (non-hydrogen) atoms. The Morgan fingerprint density at radius 2 is 2.15 bits per heavy atom. The van der Waals surface area contributed by atoms with E-state index >= 15 is 0 Å². The molecule has 6 heteroatoms. The highest BCUT2D eigenvalue weighted by Gasteiger charge is 2.15. The van der Waals surface area contributed by atoms with Gasteiger partial charge in [-0.15, -0.1) is 0 Å². The molecule has 2 N–H and O–H groups in total. The number of aromatic hydroxyl groups is 1. The van der Waals surface area contributed by atoms with Crippen molar-refractivity contribution in [2.75, 3.05) is 47.0 Å². The van der Waals surface area contributed by atoms with E-state index in [1.807, 2.05) is 12.1 Å². The Morgan fingerprint density at radius 3 is 2.85 bits per heavy atom. The van der Waals surface area contributed by atoms with Crippen molar-refractivity contribution in [3.05, 3.63) is 23.8 Å². The van der Waals surface area contributed by atoms with Crippen LogP contribution in [0.4, 0.5) is 0 Å². The maximum Gasteiger partial charge on any atom is 0.193 e. The van der Waals surface area contributed by atoms with Gasteiger partial charge >= 0.3 is 0 Å². The molecule has 1 aliphatic heterocycles. The number of rotatable bonds is 8. The maximum absolute atomic E-state index is 10.2. The fourth-order valence-corrected chi connectivity index (χ4v) is 3.20. The van der Waals surface area contributed by atoms with Crippen LogP contribution < -0.4 is 10.1 Å². The van der Waals surface area contributed by atoms with Crippen LogP contribution in [0.2, 0.25) is 0 Å². The molecule has 1 aromatic carbocycles. The van der Waals surface area contributed by atoms with Gasteiger partial charge in [-0.05, 0) is 50.2 Å². The highest BCUT2D eigenvalue weighted by Crippen LogP contribution is 2.29. The van der Waals surface area contributed by atoms with E-state index in [1.54, 1.807) is 13.2 Å². The van der Waals surface area contributed by atoms with E-state index in [0.717, 1.165) is 56.6 Å². The van der Waals surface area contributed by atoms with Gasteiger partial charge in [-0.2, -0.15) is 0 Å². The lowest BCUT2D eigenvalue weighted by atomic mass is 9.96. The Hall–Kier alpha value is -1.95. The maximum atomic E-state index is 10.2. The van der Waals surface area contributed by atoms with Crippen LogP contribution in [-0.2, 0) is 11.2 Å². The number of phenols is 1. The zero-order valence-corrected chi connectivity index (χ0v) is 16.3. The predicted octanol–water partition coefficient (Wildman–Crippen LogP) is 2.66. The second-order valence-electron chi connectivity index (χ2n) is 6.72. The van der Waals surface area contributed by atoms with Crippen LogP contribution in [0.3, 0.4) is 0 Å². The molecule has 0 radical (unpaired) electrons. The lowest BCUT2D eigenvalue weighted by Crippen LogP contribution is -2.40. The van der Waals surface area contributed by atoms with Gasteiger partial charge in [-0.25, -0.2) is 0 Å². The van der Waals surface area contributed by atoms with Crippen LogP contribution in [0.1, 0.15) is 31.7 Å². The smallest absolute Gasteiger partial charge is 0.193 e. The Bertz CT molecular complexity index is 571. The van der Waals surface area contributed by atoms with Crippen LogP contribution in [-0.4, -0.2) is 63.0 Å². The molecule has 0 atom stereocenters. The number of phenolic OH excluding ortho intramolecular Hbond substituents is 1. The Balaban J connectivity index is 1.88. The number of hydrogen-bond acceptors (Lipinski definition) is 4. The lowest BCUT2D eigenvalue weighted by Gasteiger charge is -2.26. The number of guanidine groups is 1. The van der Waals surface area contributed by atoms with Crippen molar-refractivity contribution < 1.29 is 14.6 Å². The Morgan fingerprint density at radius 1 is 1.38 bits per heavy atom. The summed E-state index contributed by atoms with van der Waals surface area (Å²) in [5.74, 6) is 2.39. The van der Waals surface area contributed by atoms with Crippen LogP contribution in [0.25, 0.3) is 0 Å². The van der Waals surface area contributed by atoms with E-state index in [0.29, 0.717) is 18.7 Å². The van der Waals surface area contributed by atoms with Gasteiger partial charge in [0.1, 0.15) is 0 Å². The summed E-state index contributed by atoms with van der Waals surface area (Å²) in [6, 6.07) is 5.56. The third-order valence-corrected chi connectivity index (χ3v) is 4.86. The molecular formula is C20H33N3O3. The summed E-state index contributed by atoms with van der Waals surface area (Å²) < 4.78 is 10.6. The number of nitrogens with one attached hydrogen (secondary N) is 1. The van der Waals surface area contributed by atoms with E-state index in [4.69, 9.17) is 14.5 Å². The number of benzene rings is 1. The van der Waals surface area contributed by atoms with Crippen molar-refractivity contribution in [3.63, 3.8) is 0 Å². The van der Waals surface area contributed by atoms with E-state index in [2.05, 4.69) is 24.2 Å². The molecule has 2 rings (SSSR count). The number of aliphatic imine (C=N–C) groups is 1. The van der Waals surface area contributed by atoms with Gasteiger partial charge in [-0.1, -0.05) is 12.1 Å². The minimum Gasteiger partial charge on any atom is -0.504 e. The summed E-state index contributed by atoms with van der Waals surface area (Å²) in [5.41, 5.74) is 0.855. The molecule has 0 aliphatic carbocycles. The summed E-state index contributed by atoms with van der Waals surface area (Å²) in [4.78, 5) is 6.92. The first-order valence-corrected chi connectivity index (χ1v) is 9.57. The van der Waals surface area contributed by atoms with E-state index < -0.39 is 0 Å². The predicted molar refractivity (Wildman–Crippen MR) is 105 cm³/mol. The molecule has 1 heterocycles. The van der Waals surface area contributed by atoms with Crippen molar-refractivity contribution in [1.82, 2.24) is 10.2 Å². The number of nitrogens with zero attached hydrogens (tertiary/aromatic N) is 2. The Kier molecular flexibility index (Phi) is 8.54. The second-order valence-corrected chi connectivity index (χ2v) is 6.72. The average Bonchev–Trinajstić information content (AvgIpc) is 2.67. The van der Waals surface area contributed by atoms with Gasteiger partial charge < -0.3 is 24.8 Å². The molecule has 146 valence electrons. The van der Waals surface area contributed by atoms with Crippen LogP contribution in [0.5, 0.6) is 11.5 Å². The van der Waals surface area contributed by atoms with E-state index in [1.165, 1.54) is 6.42 Å². The zero-order chi connectivity index (χ0) is 18.8. The SMILES string of the molecule is CCNC(=NCCc1cccc(OC)c1O)N(C)CCC1CCOCC1. The molecule has 1 aliphatic rings. The van der Waals surface area contributed by atoms with Gasteiger partial charge in [-0.3, -0.25) is 4.99 Å². The highest BCUT2D eigenvalue weighted by atomic mass is 16.5. The zero-order valence-electron chi connectivity index (χ0n) is 16.3. The number of hydrogen-bond donors (Lipinski definition) is 2. The monoisotopic (exact) mass is 363 g/mol. The van der Waals surface area contributed by atoms with E-state index in [-0.39, 0.29) is 5.75 Å². The van der Waals surface area contributed by atoms with Crippen molar-refractivity contribution in [1.29, 1.82) is 0 Å². The summed E-state index contributed by atoms with van der Waals surface area (Å²) in [7, 11) is 3.65. The molecule has 0 bridgehead atoms. The Labute approximate surface area is 157 Å².